The van der Waals surface area contributed by atoms with Gasteiger partial charge in [-0.3, -0.25) is 0 Å². The van der Waals surface area contributed by atoms with Crippen LogP contribution in [-0.4, -0.2) is 17.9 Å². The maximum Gasteiger partial charge on any atom is 0.509 e. The van der Waals surface area contributed by atoms with Crippen LogP contribution in [0.3, 0.4) is 0 Å². The van der Waals surface area contributed by atoms with Gasteiger partial charge in [0, 0.05) is 5.56 Å². The Hall–Kier alpha value is -1.55. The van der Waals surface area contributed by atoms with Crippen molar-refractivity contribution >= 4 is 6.16 Å². The van der Waals surface area contributed by atoms with Crippen LogP contribution in [0, 0.1) is 0 Å². The van der Waals surface area contributed by atoms with Crippen molar-refractivity contribution in [2.24, 2.45) is 0 Å². The number of rotatable bonds is 2. The zero-order valence-electron chi connectivity index (χ0n) is 7.47. The van der Waals surface area contributed by atoms with Gasteiger partial charge in [0.25, 0.3) is 0 Å². The van der Waals surface area contributed by atoms with Gasteiger partial charge in [0.05, 0.1) is 6.61 Å². The third-order valence-electron chi connectivity index (χ3n) is 2.16. The Balaban J connectivity index is 2.27. The van der Waals surface area contributed by atoms with E-state index < -0.39 is 6.16 Å². The molecule has 1 aliphatic heterocycles. The van der Waals surface area contributed by atoms with Gasteiger partial charge in [-0.15, -0.1) is 0 Å². The molecule has 1 aromatic rings. The Bertz CT molecular complexity index is 348. The molecule has 1 atom stereocenters. The van der Waals surface area contributed by atoms with Gasteiger partial charge in [-0.25, -0.2) is 4.79 Å². The van der Waals surface area contributed by atoms with E-state index in [9.17, 15) is 4.79 Å². The minimum atomic E-state index is -0.650. The lowest BCUT2D eigenvalue weighted by molar-refractivity contribution is 0.117. The van der Waals surface area contributed by atoms with Crippen LogP contribution in [-0.2, 0) is 16.1 Å². The highest BCUT2D eigenvalue weighted by atomic mass is 16.8. The van der Waals surface area contributed by atoms with Crippen molar-refractivity contribution < 1.29 is 19.4 Å². The maximum atomic E-state index is 10.7. The van der Waals surface area contributed by atoms with Gasteiger partial charge < -0.3 is 14.6 Å². The van der Waals surface area contributed by atoms with Crippen LogP contribution in [0.5, 0.6) is 0 Å². The summed E-state index contributed by atoms with van der Waals surface area (Å²) in [4.78, 5) is 10.7. The van der Waals surface area contributed by atoms with E-state index >= 15 is 0 Å². The quantitative estimate of drug-likeness (QED) is 0.723. The van der Waals surface area contributed by atoms with Crippen LogP contribution >= 0.6 is 0 Å². The number of carbonyl (C=O) groups is 1. The van der Waals surface area contributed by atoms with Gasteiger partial charge >= 0.3 is 6.16 Å². The topological polar surface area (TPSA) is 55.8 Å². The Kier molecular flexibility index (Phi) is 2.37. The van der Waals surface area contributed by atoms with Gasteiger partial charge in [-0.05, 0) is 5.56 Å². The fourth-order valence-corrected chi connectivity index (χ4v) is 1.47. The van der Waals surface area contributed by atoms with Gasteiger partial charge in [-0.2, -0.15) is 0 Å². The molecule has 0 saturated carbocycles. The third kappa shape index (κ3) is 1.56. The summed E-state index contributed by atoms with van der Waals surface area (Å²) in [6.07, 6.45) is -1.03. The second-order valence-corrected chi connectivity index (χ2v) is 3.02. The second-order valence-electron chi connectivity index (χ2n) is 3.02. The molecule has 0 radical (unpaired) electrons. The summed E-state index contributed by atoms with van der Waals surface area (Å²) in [5, 5.41) is 9.06. The van der Waals surface area contributed by atoms with E-state index in [0.717, 1.165) is 11.1 Å². The number of cyclic esters (lactones) is 2. The van der Waals surface area contributed by atoms with E-state index in [1.54, 1.807) is 6.07 Å². The summed E-state index contributed by atoms with van der Waals surface area (Å²) in [5.74, 6) is 0. The fraction of sp³-hybridized carbons (Fsp3) is 0.300. The molecule has 0 bridgehead atoms. The predicted molar refractivity (Wildman–Crippen MR) is 47.5 cm³/mol. The number of aliphatic hydroxyl groups is 1. The molecule has 1 aliphatic rings. The largest absolute Gasteiger partial charge is 0.509 e. The lowest BCUT2D eigenvalue weighted by Crippen LogP contribution is -2.04. The summed E-state index contributed by atoms with van der Waals surface area (Å²) in [7, 11) is 0. The first-order valence-electron chi connectivity index (χ1n) is 4.33. The number of benzene rings is 1. The Morgan fingerprint density at radius 2 is 2.21 bits per heavy atom. The molecule has 4 nitrogen and oxygen atoms in total. The normalized spacial score (nSPS) is 20.4. The zero-order valence-corrected chi connectivity index (χ0v) is 7.47. The lowest BCUT2D eigenvalue weighted by atomic mass is 10.0. The molecule has 1 heterocycles. The van der Waals surface area contributed by atoms with Gasteiger partial charge in [-0.1, -0.05) is 24.3 Å². The molecule has 1 aromatic carbocycles. The molecule has 1 saturated heterocycles. The standard InChI is InChI=1S/C10H10O4/c11-5-7-3-1-2-4-8(7)9-6-13-10(12)14-9/h1-4,9,11H,5-6H2. The van der Waals surface area contributed by atoms with Crippen molar-refractivity contribution in [3.8, 4) is 0 Å². The summed E-state index contributed by atoms with van der Waals surface area (Å²) in [6, 6.07) is 7.27. The molecule has 4 heteroatoms. The highest BCUT2D eigenvalue weighted by molar-refractivity contribution is 5.62. The van der Waals surface area contributed by atoms with Gasteiger partial charge in [0.1, 0.15) is 6.61 Å². The van der Waals surface area contributed by atoms with E-state index in [1.807, 2.05) is 18.2 Å². The van der Waals surface area contributed by atoms with Crippen LogP contribution in [0.25, 0.3) is 0 Å². The summed E-state index contributed by atoms with van der Waals surface area (Å²) in [6.45, 7) is 0.153. The first kappa shape index (κ1) is 9.02. The zero-order chi connectivity index (χ0) is 9.97. The first-order valence-corrected chi connectivity index (χ1v) is 4.33. The molecule has 14 heavy (non-hydrogen) atoms. The molecule has 0 aromatic heterocycles. The molecular formula is C10H10O4. The van der Waals surface area contributed by atoms with Crippen LogP contribution in [0.4, 0.5) is 4.79 Å². The summed E-state index contributed by atoms with van der Waals surface area (Å²) in [5.41, 5.74) is 1.57. The average Bonchev–Trinajstić information content (AvgIpc) is 2.65. The Labute approximate surface area is 81.1 Å². The van der Waals surface area contributed by atoms with Crippen molar-refractivity contribution in [1.29, 1.82) is 0 Å². The van der Waals surface area contributed by atoms with Crippen molar-refractivity contribution in [1.82, 2.24) is 0 Å². The van der Waals surface area contributed by atoms with Crippen molar-refractivity contribution in [2.45, 2.75) is 12.7 Å². The molecular weight excluding hydrogens is 184 g/mol. The molecule has 1 N–H and O–H groups in total. The van der Waals surface area contributed by atoms with Crippen molar-refractivity contribution in [3.63, 3.8) is 0 Å². The van der Waals surface area contributed by atoms with E-state index in [4.69, 9.17) is 9.84 Å². The average molecular weight is 194 g/mol. The van der Waals surface area contributed by atoms with Crippen molar-refractivity contribution in [3.05, 3.63) is 35.4 Å². The molecule has 0 spiro atoms. The molecule has 1 unspecified atom stereocenters. The monoisotopic (exact) mass is 194 g/mol. The Morgan fingerprint density at radius 1 is 1.43 bits per heavy atom. The minimum absolute atomic E-state index is 0.0653. The highest BCUT2D eigenvalue weighted by Gasteiger charge is 2.27. The lowest BCUT2D eigenvalue weighted by Gasteiger charge is -2.10. The number of aliphatic hydroxyl groups excluding tert-OH is 1. The summed E-state index contributed by atoms with van der Waals surface area (Å²) >= 11 is 0. The SMILES string of the molecule is O=C1OCC(c2ccccc2CO)O1. The smallest absolute Gasteiger partial charge is 0.430 e. The second kappa shape index (κ2) is 3.67. The highest BCUT2D eigenvalue weighted by Crippen LogP contribution is 2.26. The van der Waals surface area contributed by atoms with Crippen LogP contribution in [0.2, 0.25) is 0 Å². The predicted octanol–water partition coefficient (Wildman–Crippen LogP) is 1.39. The molecule has 0 aliphatic carbocycles. The Morgan fingerprint density at radius 3 is 2.86 bits per heavy atom. The molecule has 74 valence electrons. The molecule has 0 amide bonds. The minimum Gasteiger partial charge on any atom is -0.430 e. The van der Waals surface area contributed by atoms with Crippen molar-refractivity contribution in [2.75, 3.05) is 6.61 Å². The van der Waals surface area contributed by atoms with Gasteiger partial charge in [0.2, 0.25) is 0 Å². The van der Waals surface area contributed by atoms with E-state index in [-0.39, 0.29) is 19.3 Å². The van der Waals surface area contributed by atoms with Crippen LogP contribution < -0.4 is 0 Å². The van der Waals surface area contributed by atoms with Crippen LogP contribution in [0.15, 0.2) is 24.3 Å². The number of carbonyl (C=O) groups excluding carboxylic acids is 1. The molecule has 1 fully saturated rings. The van der Waals surface area contributed by atoms with E-state index in [1.165, 1.54) is 0 Å². The summed E-state index contributed by atoms with van der Waals surface area (Å²) < 4.78 is 9.59. The van der Waals surface area contributed by atoms with E-state index in [2.05, 4.69) is 4.74 Å². The molecule has 2 rings (SSSR count). The third-order valence-corrected chi connectivity index (χ3v) is 2.16. The van der Waals surface area contributed by atoms with Crippen LogP contribution in [0.1, 0.15) is 17.2 Å². The maximum absolute atomic E-state index is 10.7. The number of hydrogen-bond acceptors (Lipinski definition) is 4. The first-order chi connectivity index (χ1) is 6.81. The number of hydrogen-bond donors (Lipinski definition) is 1. The van der Waals surface area contributed by atoms with E-state index in [0.29, 0.717) is 0 Å². The fourth-order valence-electron chi connectivity index (χ4n) is 1.47. The van der Waals surface area contributed by atoms with Gasteiger partial charge in [0.15, 0.2) is 6.10 Å². The number of ether oxygens (including phenoxy) is 2.